The van der Waals surface area contributed by atoms with Crippen molar-refractivity contribution in [3.63, 3.8) is 0 Å². The van der Waals surface area contributed by atoms with Gasteiger partial charge in [0.1, 0.15) is 17.0 Å². The lowest BCUT2D eigenvalue weighted by Gasteiger charge is -2.14. The minimum absolute atomic E-state index is 0.802. The predicted octanol–water partition coefficient (Wildman–Crippen LogP) is 10.8. The number of benzene rings is 6. The van der Waals surface area contributed by atoms with Crippen LogP contribution in [0.4, 0.5) is 0 Å². The van der Waals surface area contributed by atoms with Crippen molar-refractivity contribution in [3.05, 3.63) is 158 Å². The molecule has 220 valence electrons. The van der Waals surface area contributed by atoms with Gasteiger partial charge in [0.2, 0.25) is 0 Å². The third-order valence-corrected chi connectivity index (χ3v) is 9.26. The zero-order valence-electron chi connectivity index (χ0n) is 25.2. The van der Waals surface area contributed by atoms with Gasteiger partial charge in [0, 0.05) is 28.0 Å². The van der Waals surface area contributed by atoms with Gasteiger partial charge in [-0.2, -0.15) is 0 Å². The van der Waals surface area contributed by atoms with Crippen LogP contribution in [0, 0.1) is 0 Å². The molecule has 10 aromatic rings. The van der Waals surface area contributed by atoms with Crippen LogP contribution in [-0.4, -0.2) is 19.1 Å². The van der Waals surface area contributed by atoms with Crippen LogP contribution < -0.4 is 0 Å². The van der Waals surface area contributed by atoms with E-state index in [2.05, 4.69) is 135 Å². The van der Waals surface area contributed by atoms with E-state index in [1.54, 1.807) is 6.20 Å². The molecule has 0 unspecified atom stereocenters. The fourth-order valence-corrected chi connectivity index (χ4v) is 7.15. The summed E-state index contributed by atoms with van der Waals surface area (Å²) in [7, 11) is 0. The van der Waals surface area contributed by atoms with Gasteiger partial charge in [0.15, 0.2) is 0 Å². The molecule has 0 aliphatic heterocycles. The monoisotopic (exact) mass is 602 g/mol. The Labute approximate surface area is 269 Å². The van der Waals surface area contributed by atoms with E-state index in [-0.39, 0.29) is 0 Å². The summed E-state index contributed by atoms with van der Waals surface area (Å²) in [4.78, 5) is 9.70. The molecule has 5 nitrogen and oxygen atoms in total. The Hall–Kier alpha value is -6.46. The van der Waals surface area contributed by atoms with Gasteiger partial charge < -0.3 is 8.98 Å². The van der Waals surface area contributed by atoms with Crippen molar-refractivity contribution >= 4 is 54.8 Å². The molecule has 0 aliphatic rings. The van der Waals surface area contributed by atoms with E-state index in [0.29, 0.717) is 0 Å². The van der Waals surface area contributed by atoms with Crippen molar-refractivity contribution in [1.29, 1.82) is 0 Å². The first-order chi connectivity index (χ1) is 23.3. The molecule has 0 saturated heterocycles. The van der Waals surface area contributed by atoms with Crippen LogP contribution in [0.15, 0.2) is 162 Å². The molecule has 4 heterocycles. The quantitative estimate of drug-likeness (QED) is 0.201. The van der Waals surface area contributed by atoms with Crippen LogP contribution in [0.25, 0.3) is 88.7 Å². The maximum absolute atomic E-state index is 6.78. The second-order valence-corrected chi connectivity index (χ2v) is 11.9. The topological polar surface area (TPSA) is 48.8 Å². The fourth-order valence-electron chi connectivity index (χ4n) is 7.15. The Morgan fingerprint density at radius 2 is 1.17 bits per heavy atom. The molecule has 10 rings (SSSR count). The smallest absolute Gasteiger partial charge is 0.149 e. The molecule has 0 radical (unpaired) electrons. The van der Waals surface area contributed by atoms with Crippen LogP contribution in [-0.2, 0) is 0 Å². The number of pyridine rings is 1. The highest BCUT2D eigenvalue weighted by atomic mass is 16.3. The average molecular weight is 603 g/mol. The third-order valence-electron chi connectivity index (χ3n) is 9.26. The van der Waals surface area contributed by atoms with Crippen LogP contribution in [0.3, 0.4) is 0 Å². The zero-order chi connectivity index (χ0) is 30.9. The van der Waals surface area contributed by atoms with Crippen molar-refractivity contribution < 1.29 is 4.42 Å². The molecule has 0 bridgehead atoms. The summed E-state index contributed by atoms with van der Waals surface area (Å²) < 4.78 is 11.3. The normalized spacial score (nSPS) is 11.8. The summed E-state index contributed by atoms with van der Waals surface area (Å²) in [6.07, 6.45) is 3.68. The van der Waals surface area contributed by atoms with Gasteiger partial charge in [-0.3, -0.25) is 9.55 Å². The molecule has 0 spiro atoms. The number of imidazole rings is 1. The first-order valence-corrected chi connectivity index (χ1v) is 15.7. The van der Waals surface area contributed by atoms with Crippen molar-refractivity contribution in [2.75, 3.05) is 0 Å². The molecule has 0 N–H and O–H groups in total. The molecule has 0 saturated carbocycles. The van der Waals surface area contributed by atoms with Gasteiger partial charge in [0.25, 0.3) is 0 Å². The lowest BCUT2D eigenvalue weighted by atomic mass is 10.0. The van der Waals surface area contributed by atoms with Crippen LogP contribution in [0.2, 0.25) is 0 Å². The number of nitrogens with zero attached hydrogens (tertiary/aromatic N) is 4. The maximum atomic E-state index is 6.78. The van der Waals surface area contributed by atoms with Crippen LogP contribution >= 0.6 is 0 Å². The Bertz CT molecular complexity index is 2730. The summed E-state index contributed by atoms with van der Waals surface area (Å²) in [5, 5.41) is 4.57. The second-order valence-electron chi connectivity index (χ2n) is 11.9. The van der Waals surface area contributed by atoms with E-state index in [1.165, 1.54) is 16.3 Å². The van der Waals surface area contributed by atoms with E-state index in [4.69, 9.17) is 9.40 Å². The van der Waals surface area contributed by atoms with Gasteiger partial charge in [-0.15, -0.1) is 0 Å². The third kappa shape index (κ3) is 3.83. The van der Waals surface area contributed by atoms with Crippen LogP contribution in [0.5, 0.6) is 0 Å². The number of fused-ring (bicyclic) bond motifs is 7. The maximum Gasteiger partial charge on any atom is 0.149 e. The van der Waals surface area contributed by atoms with Crippen molar-refractivity contribution in [2.24, 2.45) is 0 Å². The minimum Gasteiger partial charge on any atom is -0.455 e. The molecule has 0 atom stereocenters. The Kier molecular flexibility index (Phi) is 5.51. The molecule has 0 amide bonds. The lowest BCUT2D eigenvalue weighted by Crippen LogP contribution is -2.00. The van der Waals surface area contributed by atoms with Crippen molar-refractivity contribution in [3.8, 4) is 33.9 Å². The van der Waals surface area contributed by atoms with E-state index in [0.717, 1.165) is 72.3 Å². The number of furan rings is 1. The van der Waals surface area contributed by atoms with Gasteiger partial charge in [-0.25, -0.2) is 4.98 Å². The molecule has 0 aliphatic carbocycles. The molecule has 5 heteroatoms. The molecular weight excluding hydrogens is 576 g/mol. The number of rotatable bonds is 4. The number of aromatic nitrogens is 4. The van der Waals surface area contributed by atoms with Crippen molar-refractivity contribution in [1.82, 2.24) is 19.1 Å². The highest BCUT2D eigenvalue weighted by Gasteiger charge is 2.24. The highest BCUT2D eigenvalue weighted by Crippen LogP contribution is 2.43. The Balaban J connectivity index is 1.26. The predicted molar refractivity (Wildman–Crippen MR) is 191 cm³/mol. The van der Waals surface area contributed by atoms with Gasteiger partial charge >= 0.3 is 0 Å². The molecule has 6 aromatic carbocycles. The standard InChI is InChI=1S/C42H26N4O/c1-2-10-27(11-3-1)28-18-20-29(21-19-28)45-38-26-43-25-24-34(38)44-42(45)33-22-23-37(40-32-14-6-9-17-39(32)47-41(33)40)46-35-15-7-4-12-30(35)31-13-5-8-16-36(31)46/h1-26H. The molecule has 4 aromatic heterocycles. The highest BCUT2D eigenvalue weighted by molar-refractivity contribution is 6.16. The molecule has 47 heavy (non-hydrogen) atoms. The van der Waals surface area contributed by atoms with Crippen LogP contribution in [0.1, 0.15) is 0 Å². The van der Waals surface area contributed by atoms with Crippen molar-refractivity contribution in [2.45, 2.75) is 0 Å². The summed E-state index contributed by atoms with van der Waals surface area (Å²) >= 11 is 0. The fraction of sp³-hybridized carbons (Fsp3) is 0. The van der Waals surface area contributed by atoms with Gasteiger partial charge in [0.05, 0.1) is 44.9 Å². The zero-order valence-corrected chi connectivity index (χ0v) is 25.2. The Morgan fingerprint density at radius 3 is 1.94 bits per heavy atom. The molecule has 0 fully saturated rings. The first-order valence-electron chi connectivity index (χ1n) is 15.7. The lowest BCUT2D eigenvalue weighted by molar-refractivity contribution is 0.669. The average Bonchev–Trinajstić information content (AvgIpc) is 3.82. The Morgan fingerprint density at radius 1 is 0.511 bits per heavy atom. The number of para-hydroxylation sites is 3. The minimum atomic E-state index is 0.802. The summed E-state index contributed by atoms with van der Waals surface area (Å²) in [6.45, 7) is 0. The SMILES string of the molecule is c1ccc(-c2ccc(-n3c(-c4ccc(-n5c6ccccc6c6ccccc65)c5c4oc4ccccc45)nc4ccncc43)cc2)cc1. The second kappa shape index (κ2) is 10.0. The van der Waals surface area contributed by atoms with E-state index >= 15 is 0 Å². The number of hydrogen-bond donors (Lipinski definition) is 0. The van der Waals surface area contributed by atoms with Gasteiger partial charge in [-0.05, 0) is 59.7 Å². The molecular formula is C42H26N4O. The van der Waals surface area contributed by atoms with E-state index in [9.17, 15) is 0 Å². The summed E-state index contributed by atoms with van der Waals surface area (Å²) in [5.41, 5.74) is 11.1. The first kappa shape index (κ1) is 25.8. The summed E-state index contributed by atoms with van der Waals surface area (Å²) in [6, 6.07) is 51.0. The number of hydrogen-bond acceptors (Lipinski definition) is 3. The van der Waals surface area contributed by atoms with E-state index in [1.807, 2.05) is 30.5 Å². The largest absolute Gasteiger partial charge is 0.455 e. The van der Waals surface area contributed by atoms with Gasteiger partial charge in [-0.1, -0.05) is 97.1 Å². The summed E-state index contributed by atoms with van der Waals surface area (Å²) in [5.74, 6) is 0.804. The van der Waals surface area contributed by atoms with E-state index < -0.39 is 0 Å².